The first-order valence-electron chi connectivity index (χ1n) is 5.35. The standard InChI is InChI=1S/C10H11BrN4O/c1-2-15-8(7(11)5-12-15)10-13-9(14-16-10)6-3-4-6/h5-6H,2-4H2,1H3. The smallest absolute Gasteiger partial charge is 0.277 e. The van der Waals surface area contributed by atoms with E-state index in [1.807, 2.05) is 11.6 Å². The van der Waals surface area contributed by atoms with Gasteiger partial charge in [0.15, 0.2) is 5.82 Å². The molecule has 0 aliphatic heterocycles. The van der Waals surface area contributed by atoms with Gasteiger partial charge in [-0.1, -0.05) is 5.16 Å². The Morgan fingerprint density at radius 3 is 3.06 bits per heavy atom. The molecular formula is C10H11BrN4O. The van der Waals surface area contributed by atoms with E-state index >= 15 is 0 Å². The molecule has 0 bridgehead atoms. The van der Waals surface area contributed by atoms with E-state index in [4.69, 9.17) is 4.52 Å². The van der Waals surface area contributed by atoms with Crippen molar-refractivity contribution in [3.8, 4) is 11.6 Å². The minimum atomic E-state index is 0.509. The number of halogens is 1. The maximum absolute atomic E-state index is 5.28. The molecule has 0 radical (unpaired) electrons. The normalized spacial score (nSPS) is 15.6. The Balaban J connectivity index is 2.02. The van der Waals surface area contributed by atoms with Gasteiger partial charge in [-0.3, -0.25) is 4.68 Å². The molecule has 84 valence electrons. The van der Waals surface area contributed by atoms with Crippen LogP contribution in [0.2, 0.25) is 0 Å². The Labute approximate surface area is 101 Å². The first-order chi connectivity index (χ1) is 7.79. The van der Waals surface area contributed by atoms with E-state index in [0.717, 1.165) is 22.5 Å². The lowest BCUT2D eigenvalue weighted by atomic mass is 10.4. The summed E-state index contributed by atoms with van der Waals surface area (Å²) in [5, 5.41) is 8.22. The maximum atomic E-state index is 5.28. The SMILES string of the molecule is CCn1ncc(Br)c1-c1nc(C2CC2)no1. The fourth-order valence-electron chi connectivity index (χ4n) is 1.65. The summed E-state index contributed by atoms with van der Waals surface area (Å²) in [6, 6.07) is 0. The van der Waals surface area contributed by atoms with Crippen LogP contribution in [-0.4, -0.2) is 19.9 Å². The van der Waals surface area contributed by atoms with Gasteiger partial charge in [0.2, 0.25) is 0 Å². The molecule has 1 aliphatic carbocycles. The summed E-state index contributed by atoms with van der Waals surface area (Å²) in [5.41, 5.74) is 0.863. The third-order valence-corrected chi connectivity index (χ3v) is 3.26. The molecule has 2 heterocycles. The molecule has 1 fully saturated rings. The van der Waals surface area contributed by atoms with E-state index in [2.05, 4.69) is 31.2 Å². The summed E-state index contributed by atoms with van der Waals surface area (Å²) in [6.45, 7) is 2.81. The minimum Gasteiger partial charge on any atom is -0.332 e. The second-order valence-corrected chi connectivity index (χ2v) is 4.74. The molecule has 2 aromatic heterocycles. The van der Waals surface area contributed by atoms with Crippen molar-refractivity contribution in [3.63, 3.8) is 0 Å². The predicted molar refractivity (Wildman–Crippen MR) is 60.9 cm³/mol. The van der Waals surface area contributed by atoms with Crippen molar-refractivity contribution in [2.45, 2.75) is 32.2 Å². The first-order valence-corrected chi connectivity index (χ1v) is 6.14. The van der Waals surface area contributed by atoms with Crippen LogP contribution in [0.5, 0.6) is 0 Å². The Kier molecular flexibility index (Phi) is 2.31. The van der Waals surface area contributed by atoms with Gasteiger partial charge in [-0.25, -0.2) is 0 Å². The van der Waals surface area contributed by atoms with Crippen molar-refractivity contribution in [2.24, 2.45) is 0 Å². The second kappa shape index (κ2) is 3.69. The van der Waals surface area contributed by atoms with Gasteiger partial charge < -0.3 is 4.52 Å². The van der Waals surface area contributed by atoms with Gasteiger partial charge in [-0.05, 0) is 35.7 Å². The van der Waals surface area contributed by atoms with Gasteiger partial charge >= 0.3 is 0 Å². The molecule has 6 heteroatoms. The van der Waals surface area contributed by atoms with Gasteiger partial charge in [0.1, 0.15) is 5.69 Å². The van der Waals surface area contributed by atoms with E-state index in [9.17, 15) is 0 Å². The quantitative estimate of drug-likeness (QED) is 0.868. The third-order valence-electron chi connectivity index (χ3n) is 2.68. The summed E-state index contributed by atoms with van der Waals surface area (Å²) < 4.78 is 8.01. The van der Waals surface area contributed by atoms with Gasteiger partial charge in [-0.2, -0.15) is 10.1 Å². The van der Waals surface area contributed by atoms with Crippen molar-refractivity contribution in [1.82, 2.24) is 19.9 Å². The van der Waals surface area contributed by atoms with Gasteiger partial charge in [0.05, 0.1) is 10.7 Å². The van der Waals surface area contributed by atoms with Crippen LogP contribution in [-0.2, 0) is 6.54 Å². The second-order valence-electron chi connectivity index (χ2n) is 3.89. The van der Waals surface area contributed by atoms with Gasteiger partial charge in [0, 0.05) is 12.5 Å². The van der Waals surface area contributed by atoms with E-state index in [1.54, 1.807) is 6.20 Å². The Hall–Kier alpha value is -1.17. The van der Waals surface area contributed by atoms with Crippen LogP contribution in [0.4, 0.5) is 0 Å². The van der Waals surface area contributed by atoms with Crippen LogP contribution in [0.15, 0.2) is 15.2 Å². The minimum absolute atomic E-state index is 0.509. The Bertz CT molecular complexity index is 515. The van der Waals surface area contributed by atoms with Crippen molar-refractivity contribution >= 4 is 15.9 Å². The van der Waals surface area contributed by atoms with E-state index in [1.165, 1.54) is 12.8 Å². The van der Waals surface area contributed by atoms with Gasteiger partial charge in [0.25, 0.3) is 5.89 Å². The largest absolute Gasteiger partial charge is 0.332 e. The maximum Gasteiger partial charge on any atom is 0.277 e. The molecule has 0 aromatic carbocycles. The summed E-state index contributed by atoms with van der Waals surface area (Å²) in [7, 11) is 0. The highest BCUT2D eigenvalue weighted by Gasteiger charge is 2.29. The molecule has 16 heavy (non-hydrogen) atoms. The van der Waals surface area contributed by atoms with Crippen molar-refractivity contribution in [1.29, 1.82) is 0 Å². The summed E-state index contributed by atoms with van der Waals surface area (Å²) >= 11 is 3.45. The number of aryl methyl sites for hydroxylation is 1. The van der Waals surface area contributed by atoms with Crippen molar-refractivity contribution in [2.75, 3.05) is 0 Å². The molecule has 3 rings (SSSR count). The number of aromatic nitrogens is 4. The van der Waals surface area contributed by atoms with Gasteiger partial charge in [-0.15, -0.1) is 0 Å². The lowest BCUT2D eigenvalue weighted by Gasteiger charge is -1.99. The molecule has 0 spiro atoms. The average Bonchev–Trinajstić information content (AvgIpc) is 2.91. The van der Waals surface area contributed by atoms with E-state index < -0.39 is 0 Å². The Morgan fingerprint density at radius 2 is 2.38 bits per heavy atom. The number of hydrogen-bond acceptors (Lipinski definition) is 4. The number of rotatable bonds is 3. The average molecular weight is 283 g/mol. The van der Waals surface area contributed by atoms with Crippen LogP contribution < -0.4 is 0 Å². The van der Waals surface area contributed by atoms with Crippen LogP contribution in [0.25, 0.3) is 11.6 Å². The predicted octanol–water partition coefficient (Wildman–Crippen LogP) is 2.59. The highest BCUT2D eigenvalue weighted by atomic mass is 79.9. The highest BCUT2D eigenvalue weighted by molar-refractivity contribution is 9.10. The fraction of sp³-hybridized carbons (Fsp3) is 0.500. The first kappa shape index (κ1) is 10.0. The zero-order valence-corrected chi connectivity index (χ0v) is 10.4. The lowest BCUT2D eigenvalue weighted by Crippen LogP contribution is -1.99. The van der Waals surface area contributed by atoms with E-state index in [-0.39, 0.29) is 0 Å². The van der Waals surface area contributed by atoms with Crippen LogP contribution >= 0.6 is 15.9 Å². The van der Waals surface area contributed by atoms with E-state index in [0.29, 0.717) is 11.8 Å². The molecule has 0 unspecified atom stereocenters. The fourth-order valence-corrected chi connectivity index (χ4v) is 2.12. The molecular weight excluding hydrogens is 272 g/mol. The topological polar surface area (TPSA) is 56.7 Å². The molecule has 0 saturated heterocycles. The molecule has 0 N–H and O–H groups in total. The number of hydrogen-bond donors (Lipinski definition) is 0. The van der Waals surface area contributed by atoms with Crippen molar-refractivity contribution in [3.05, 3.63) is 16.5 Å². The third kappa shape index (κ3) is 1.57. The summed E-state index contributed by atoms with van der Waals surface area (Å²) in [6.07, 6.45) is 4.10. The highest BCUT2D eigenvalue weighted by Crippen LogP contribution is 2.39. The molecule has 0 amide bonds. The van der Waals surface area contributed by atoms with Crippen LogP contribution in [0.1, 0.15) is 31.5 Å². The molecule has 0 atom stereocenters. The molecule has 5 nitrogen and oxygen atoms in total. The lowest BCUT2D eigenvalue weighted by molar-refractivity contribution is 0.418. The van der Waals surface area contributed by atoms with Crippen LogP contribution in [0, 0.1) is 0 Å². The zero-order chi connectivity index (χ0) is 11.1. The molecule has 1 aliphatic rings. The zero-order valence-electron chi connectivity index (χ0n) is 8.85. The van der Waals surface area contributed by atoms with Crippen LogP contribution in [0.3, 0.4) is 0 Å². The molecule has 2 aromatic rings. The Morgan fingerprint density at radius 1 is 1.56 bits per heavy atom. The van der Waals surface area contributed by atoms with Crippen molar-refractivity contribution < 1.29 is 4.52 Å². The monoisotopic (exact) mass is 282 g/mol. The molecule has 1 saturated carbocycles. The summed E-state index contributed by atoms with van der Waals surface area (Å²) in [5.74, 6) is 1.88. The summed E-state index contributed by atoms with van der Waals surface area (Å²) in [4.78, 5) is 4.42. The number of nitrogens with zero attached hydrogens (tertiary/aromatic N) is 4.